The highest BCUT2D eigenvalue weighted by Crippen LogP contribution is 2.17. The first-order valence-electron chi connectivity index (χ1n) is 8.01. The number of ether oxygens (including phenoxy) is 1. The summed E-state index contributed by atoms with van der Waals surface area (Å²) in [4.78, 5) is 11.8. The Morgan fingerprint density at radius 3 is 2.38 bits per heavy atom. The minimum Gasteiger partial charge on any atom is -0.489 e. The molecule has 2 N–H and O–H groups in total. The minimum absolute atomic E-state index is 0.0505. The standard InChI is InChI=1S/C19H23ClN2O2/c1-14(2)11-21-12-19(23)22-17-7-9-18(10-8-17)24-13-15-3-5-16(20)6-4-15/h3-10,14,21H,11-13H2,1-2H3,(H,22,23). The molecule has 4 nitrogen and oxygen atoms in total. The molecule has 0 heterocycles. The second kappa shape index (κ2) is 9.30. The van der Waals surface area contributed by atoms with Crippen LogP contribution in [0, 0.1) is 5.92 Å². The maximum Gasteiger partial charge on any atom is 0.238 e. The van der Waals surface area contributed by atoms with Crippen LogP contribution >= 0.6 is 11.6 Å². The third kappa shape index (κ3) is 6.60. The predicted octanol–water partition coefficient (Wildman–Crippen LogP) is 4.10. The molecule has 0 saturated carbocycles. The average Bonchev–Trinajstić information content (AvgIpc) is 2.55. The van der Waals surface area contributed by atoms with Crippen LogP contribution < -0.4 is 15.4 Å². The van der Waals surface area contributed by atoms with Crippen molar-refractivity contribution in [3.05, 3.63) is 59.1 Å². The molecule has 0 radical (unpaired) electrons. The van der Waals surface area contributed by atoms with E-state index in [2.05, 4.69) is 24.5 Å². The van der Waals surface area contributed by atoms with E-state index in [9.17, 15) is 4.79 Å². The van der Waals surface area contributed by atoms with Crippen LogP contribution in [0.2, 0.25) is 5.02 Å². The summed E-state index contributed by atoms with van der Waals surface area (Å²) in [6.07, 6.45) is 0. The lowest BCUT2D eigenvalue weighted by atomic mass is 10.2. The van der Waals surface area contributed by atoms with Crippen molar-refractivity contribution >= 4 is 23.2 Å². The van der Waals surface area contributed by atoms with Crippen molar-refractivity contribution in [3.63, 3.8) is 0 Å². The molecule has 1 amide bonds. The van der Waals surface area contributed by atoms with Crippen molar-refractivity contribution in [2.24, 2.45) is 5.92 Å². The zero-order valence-electron chi connectivity index (χ0n) is 14.0. The van der Waals surface area contributed by atoms with Gasteiger partial charge in [0.25, 0.3) is 0 Å². The summed E-state index contributed by atoms with van der Waals surface area (Å²) >= 11 is 5.86. The third-order valence-electron chi connectivity index (χ3n) is 3.29. The van der Waals surface area contributed by atoms with Gasteiger partial charge in [0.2, 0.25) is 5.91 Å². The number of nitrogens with one attached hydrogen (secondary N) is 2. The molecule has 2 aromatic carbocycles. The second-order valence-electron chi connectivity index (χ2n) is 6.01. The van der Waals surface area contributed by atoms with E-state index in [1.165, 1.54) is 0 Å². The van der Waals surface area contributed by atoms with Gasteiger partial charge in [0.1, 0.15) is 12.4 Å². The van der Waals surface area contributed by atoms with E-state index >= 15 is 0 Å². The molecule has 0 aliphatic heterocycles. The maximum atomic E-state index is 11.8. The van der Waals surface area contributed by atoms with E-state index < -0.39 is 0 Å². The van der Waals surface area contributed by atoms with Crippen LogP contribution in [0.15, 0.2) is 48.5 Å². The highest BCUT2D eigenvalue weighted by atomic mass is 35.5. The van der Waals surface area contributed by atoms with Crippen LogP contribution in [-0.2, 0) is 11.4 Å². The zero-order valence-corrected chi connectivity index (χ0v) is 14.8. The van der Waals surface area contributed by atoms with Gasteiger partial charge in [-0.2, -0.15) is 0 Å². The third-order valence-corrected chi connectivity index (χ3v) is 3.55. The summed E-state index contributed by atoms with van der Waals surface area (Å²) in [6, 6.07) is 14.9. The molecule has 2 rings (SSSR count). The summed E-state index contributed by atoms with van der Waals surface area (Å²) in [5.41, 5.74) is 1.80. The number of halogens is 1. The van der Waals surface area contributed by atoms with Gasteiger partial charge in [0.05, 0.1) is 6.54 Å². The molecule has 0 unspecified atom stereocenters. The van der Waals surface area contributed by atoms with Gasteiger partial charge >= 0.3 is 0 Å². The van der Waals surface area contributed by atoms with Gasteiger partial charge in [-0.25, -0.2) is 0 Å². The Labute approximate surface area is 148 Å². The molecular formula is C19H23ClN2O2. The van der Waals surface area contributed by atoms with Crippen LogP contribution in [0.25, 0.3) is 0 Å². The van der Waals surface area contributed by atoms with Crippen molar-refractivity contribution in [2.45, 2.75) is 20.5 Å². The molecule has 2 aromatic rings. The minimum atomic E-state index is -0.0505. The summed E-state index contributed by atoms with van der Waals surface area (Å²) < 4.78 is 5.71. The molecule has 24 heavy (non-hydrogen) atoms. The van der Waals surface area contributed by atoms with Crippen LogP contribution in [0.5, 0.6) is 5.75 Å². The molecule has 0 spiro atoms. The van der Waals surface area contributed by atoms with E-state index in [1.807, 2.05) is 48.5 Å². The van der Waals surface area contributed by atoms with E-state index in [1.54, 1.807) is 0 Å². The molecule has 0 aromatic heterocycles. The smallest absolute Gasteiger partial charge is 0.238 e. The first-order chi connectivity index (χ1) is 11.5. The molecular weight excluding hydrogens is 324 g/mol. The number of anilines is 1. The van der Waals surface area contributed by atoms with Crippen LogP contribution in [0.4, 0.5) is 5.69 Å². The van der Waals surface area contributed by atoms with E-state index in [-0.39, 0.29) is 5.91 Å². The van der Waals surface area contributed by atoms with Gasteiger partial charge in [0, 0.05) is 10.7 Å². The lowest BCUT2D eigenvalue weighted by molar-refractivity contribution is -0.115. The fourth-order valence-electron chi connectivity index (χ4n) is 2.06. The quantitative estimate of drug-likeness (QED) is 0.756. The molecule has 0 fully saturated rings. The molecule has 5 heteroatoms. The van der Waals surface area contributed by atoms with Gasteiger partial charge in [0.15, 0.2) is 0 Å². The Kier molecular flexibility index (Phi) is 7.09. The summed E-state index contributed by atoms with van der Waals surface area (Å²) in [7, 11) is 0. The Morgan fingerprint density at radius 1 is 1.08 bits per heavy atom. The van der Waals surface area contributed by atoms with E-state index in [0.717, 1.165) is 23.5 Å². The molecule has 0 aliphatic carbocycles. The number of hydrogen-bond acceptors (Lipinski definition) is 3. The summed E-state index contributed by atoms with van der Waals surface area (Å²) in [5.74, 6) is 1.22. The van der Waals surface area contributed by atoms with Gasteiger partial charge in [-0.1, -0.05) is 37.6 Å². The summed E-state index contributed by atoms with van der Waals surface area (Å²) in [5, 5.41) is 6.67. The first-order valence-corrected chi connectivity index (χ1v) is 8.38. The second-order valence-corrected chi connectivity index (χ2v) is 6.45. The predicted molar refractivity (Wildman–Crippen MR) is 98.6 cm³/mol. The van der Waals surface area contributed by atoms with E-state index in [0.29, 0.717) is 24.1 Å². The summed E-state index contributed by atoms with van der Waals surface area (Å²) in [6.45, 7) is 5.82. The largest absolute Gasteiger partial charge is 0.489 e. The number of amides is 1. The lowest BCUT2D eigenvalue weighted by Crippen LogP contribution is -2.30. The van der Waals surface area contributed by atoms with Gasteiger partial charge in [-0.05, 0) is 54.4 Å². The van der Waals surface area contributed by atoms with Gasteiger partial charge in [-0.3, -0.25) is 4.79 Å². The molecule has 0 aliphatic rings. The van der Waals surface area contributed by atoms with E-state index in [4.69, 9.17) is 16.3 Å². The van der Waals surface area contributed by atoms with Crippen LogP contribution in [-0.4, -0.2) is 19.0 Å². The normalized spacial score (nSPS) is 10.7. The number of carbonyl (C=O) groups is 1. The Hall–Kier alpha value is -2.04. The first kappa shape index (κ1) is 18.3. The average molecular weight is 347 g/mol. The Morgan fingerprint density at radius 2 is 1.75 bits per heavy atom. The molecule has 0 bridgehead atoms. The van der Waals surface area contributed by atoms with Crippen LogP contribution in [0.1, 0.15) is 19.4 Å². The number of rotatable bonds is 8. The number of benzene rings is 2. The van der Waals surface area contributed by atoms with Gasteiger partial charge < -0.3 is 15.4 Å². The topological polar surface area (TPSA) is 50.4 Å². The van der Waals surface area contributed by atoms with Crippen molar-refractivity contribution in [1.29, 1.82) is 0 Å². The maximum absolute atomic E-state index is 11.8. The monoisotopic (exact) mass is 346 g/mol. The highest BCUT2D eigenvalue weighted by molar-refractivity contribution is 6.30. The Bertz CT molecular complexity index is 639. The number of hydrogen-bond donors (Lipinski definition) is 2. The SMILES string of the molecule is CC(C)CNCC(=O)Nc1ccc(OCc2ccc(Cl)cc2)cc1. The Balaban J connectivity index is 1.77. The number of carbonyl (C=O) groups excluding carboxylic acids is 1. The van der Waals surface area contributed by atoms with Crippen molar-refractivity contribution in [2.75, 3.05) is 18.4 Å². The van der Waals surface area contributed by atoms with Crippen molar-refractivity contribution in [1.82, 2.24) is 5.32 Å². The molecule has 0 saturated heterocycles. The fraction of sp³-hybridized carbons (Fsp3) is 0.316. The van der Waals surface area contributed by atoms with Crippen LogP contribution in [0.3, 0.4) is 0 Å². The zero-order chi connectivity index (χ0) is 17.4. The molecule has 0 atom stereocenters. The fourth-order valence-corrected chi connectivity index (χ4v) is 2.19. The van der Waals surface area contributed by atoms with Crippen molar-refractivity contribution < 1.29 is 9.53 Å². The van der Waals surface area contributed by atoms with Crippen molar-refractivity contribution in [3.8, 4) is 5.75 Å². The van der Waals surface area contributed by atoms with Gasteiger partial charge in [-0.15, -0.1) is 0 Å². The molecule has 128 valence electrons. The highest BCUT2D eigenvalue weighted by Gasteiger charge is 2.03. The lowest BCUT2D eigenvalue weighted by Gasteiger charge is -2.10.